The average molecular weight is 241 g/mol. The van der Waals surface area contributed by atoms with Crippen LogP contribution >= 0.6 is 11.6 Å². The predicted molar refractivity (Wildman–Crippen MR) is 66.0 cm³/mol. The summed E-state index contributed by atoms with van der Waals surface area (Å²) in [4.78, 5) is 10.4. The number of nitrogens with zero attached hydrogens (tertiary/aromatic N) is 3. The molecule has 0 spiro atoms. The number of rotatable bonds is 3. The van der Waals surface area contributed by atoms with Crippen LogP contribution in [0, 0.1) is 0 Å². The SMILES string of the molecule is CN(C[C@@H]1CCCCN1)c1nccc(Cl)n1. The fourth-order valence-corrected chi connectivity index (χ4v) is 2.14. The Bertz CT molecular complexity index is 339. The molecule has 16 heavy (non-hydrogen) atoms. The number of halogens is 1. The number of piperidine rings is 1. The smallest absolute Gasteiger partial charge is 0.226 e. The summed E-state index contributed by atoms with van der Waals surface area (Å²) in [5, 5.41) is 4.00. The van der Waals surface area contributed by atoms with Crippen LogP contribution in [0.1, 0.15) is 19.3 Å². The van der Waals surface area contributed by atoms with E-state index < -0.39 is 0 Å². The number of nitrogens with one attached hydrogen (secondary N) is 1. The zero-order valence-electron chi connectivity index (χ0n) is 9.49. The van der Waals surface area contributed by atoms with Gasteiger partial charge in [0.25, 0.3) is 0 Å². The minimum atomic E-state index is 0.494. The fourth-order valence-electron chi connectivity index (χ4n) is 2.00. The third kappa shape index (κ3) is 3.06. The Morgan fingerprint density at radius 3 is 3.12 bits per heavy atom. The highest BCUT2D eigenvalue weighted by Crippen LogP contribution is 2.12. The quantitative estimate of drug-likeness (QED) is 0.817. The molecule has 1 fully saturated rings. The minimum absolute atomic E-state index is 0.494. The Kier molecular flexibility index (Phi) is 3.96. The van der Waals surface area contributed by atoms with Crippen molar-refractivity contribution in [3.05, 3.63) is 17.4 Å². The molecule has 1 N–H and O–H groups in total. The lowest BCUT2D eigenvalue weighted by Crippen LogP contribution is -2.42. The molecule has 2 heterocycles. The van der Waals surface area contributed by atoms with Gasteiger partial charge in [0.15, 0.2) is 0 Å². The van der Waals surface area contributed by atoms with Crippen molar-refractivity contribution in [1.82, 2.24) is 15.3 Å². The van der Waals surface area contributed by atoms with Gasteiger partial charge < -0.3 is 10.2 Å². The minimum Gasteiger partial charge on any atom is -0.342 e. The average Bonchev–Trinajstić information content (AvgIpc) is 2.30. The van der Waals surface area contributed by atoms with E-state index in [9.17, 15) is 0 Å². The first-order chi connectivity index (χ1) is 7.75. The summed E-state index contributed by atoms with van der Waals surface area (Å²) in [7, 11) is 2.00. The van der Waals surface area contributed by atoms with Gasteiger partial charge >= 0.3 is 0 Å². The first-order valence-electron chi connectivity index (χ1n) is 5.69. The van der Waals surface area contributed by atoms with E-state index >= 15 is 0 Å². The molecule has 0 saturated carbocycles. The Hall–Kier alpha value is -0.870. The van der Waals surface area contributed by atoms with Gasteiger partial charge in [0, 0.05) is 25.8 Å². The van der Waals surface area contributed by atoms with Gasteiger partial charge in [0.1, 0.15) is 5.15 Å². The number of likely N-dealkylation sites (N-methyl/N-ethyl adjacent to an activating group) is 1. The van der Waals surface area contributed by atoms with E-state index in [0.717, 1.165) is 13.1 Å². The van der Waals surface area contributed by atoms with Crippen molar-refractivity contribution >= 4 is 17.5 Å². The van der Waals surface area contributed by atoms with Crippen LogP contribution in [0.25, 0.3) is 0 Å². The summed E-state index contributed by atoms with van der Waals surface area (Å²) in [6.07, 6.45) is 5.51. The van der Waals surface area contributed by atoms with Gasteiger partial charge in [-0.15, -0.1) is 0 Å². The van der Waals surface area contributed by atoms with E-state index in [0.29, 0.717) is 17.1 Å². The van der Waals surface area contributed by atoms with E-state index in [1.165, 1.54) is 19.3 Å². The predicted octanol–water partition coefficient (Wildman–Crippen LogP) is 1.71. The summed E-state index contributed by atoms with van der Waals surface area (Å²) in [5.74, 6) is 0.694. The summed E-state index contributed by atoms with van der Waals surface area (Å²) in [6, 6.07) is 2.24. The maximum atomic E-state index is 5.84. The Morgan fingerprint density at radius 2 is 2.44 bits per heavy atom. The second-order valence-corrected chi connectivity index (χ2v) is 4.59. The van der Waals surface area contributed by atoms with Crippen LogP contribution in [0.5, 0.6) is 0 Å². The van der Waals surface area contributed by atoms with Crippen molar-refractivity contribution in [2.75, 3.05) is 25.0 Å². The van der Waals surface area contributed by atoms with Gasteiger partial charge in [-0.2, -0.15) is 0 Å². The zero-order valence-corrected chi connectivity index (χ0v) is 10.2. The van der Waals surface area contributed by atoms with Crippen molar-refractivity contribution in [2.24, 2.45) is 0 Å². The van der Waals surface area contributed by atoms with Crippen LogP contribution in [-0.2, 0) is 0 Å². The Morgan fingerprint density at radius 1 is 1.56 bits per heavy atom. The molecule has 2 rings (SSSR count). The molecule has 1 aromatic heterocycles. The lowest BCUT2D eigenvalue weighted by Gasteiger charge is -2.28. The van der Waals surface area contributed by atoms with Crippen molar-refractivity contribution in [1.29, 1.82) is 0 Å². The molecule has 0 amide bonds. The second-order valence-electron chi connectivity index (χ2n) is 4.21. The third-order valence-electron chi connectivity index (χ3n) is 2.86. The van der Waals surface area contributed by atoms with E-state index in [1.54, 1.807) is 12.3 Å². The van der Waals surface area contributed by atoms with E-state index in [4.69, 9.17) is 11.6 Å². The van der Waals surface area contributed by atoms with Gasteiger partial charge in [0.2, 0.25) is 5.95 Å². The maximum absolute atomic E-state index is 5.84. The number of hydrogen-bond donors (Lipinski definition) is 1. The lowest BCUT2D eigenvalue weighted by molar-refractivity contribution is 0.402. The summed E-state index contributed by atoms with van der Waals surface area (Å²) in [5.41, 5.74) is 0. The highest BCUT2D eigenvalue weighted by Gasteiger charge is 2.15. The van der Waals surface area contributed by atoms with Crippen LogP contribution < -0.4 is 10.2 Å². The van der Waals surface area contributed by atoms with Gasteiger partial charge in [-0.25, -0.2) is 9.97 Å². The Balaban J connectivity index is 1.94. The van der Waals surface area contributed by atoms with Gasteiger partial charge in [-0.3, -0.25) is 0 Å². The van der Waals surface area contributed by atoms with Crippen molar-refractivity contribution in [2.45, 2.75) is 25.3 Å². The van der Waals surface area contributed by atoms with Gasteiger partial charge in [-0.1, -0.05) is 18.0 Å². The number of anilines is 1. The number of hydrogen-bond acceptors (Lipinski definition) is 4. The molecule has 1 aromatic rings. The van der Waals surface area contributed by atoms with Crippen molar-refractivity contribution in [3.8, 4) is 0 Å². The molecule has 0 unspecified atom stereocenters. The molecule has 4 nitrogen and oxygen atoms in total. The summed E-state index contributed by atoms with van der Waals surface area (Å²) in [6.45, 7) is 2.05. The molecule has 1 saturated heterocycles. The standard InChI is InChI=1S/C11H17ClN4/c1-16(8-9-4-2-3-6-13-9)11-14-7-5-10(12)15-11/h5,7,9,13H,2-4,6,8H2,1H3/t9-/m0/s1. The molecule has 1 atom stereocenters. The molecule has 0 aliphatic carbocycles. The normalized spacial score (nSPS) is 20.8. The first-order valence-corrected chi connectivity index (χ1v) is 6.06. The molecule has 0 radical (unpaired) electrons. The number of aromatic nitrogens is 2. The molecular formula is C11H17ClN4. The second kappa shape index (κ2) is 5.46. The molecule has 88 valence electrons. The maximum Gasteiger partial charge on any atom is 0.226 e. The fraction of sp³-hybridized carbons (Fsp3) is 0.636. The molecular weight excluding hydrogens is 224 g/mol. The van der Waals surface area contributed by atoms with Gasteiger partial charge in [-0.05, 0) is 25.5 Å². The van der Waals surface area contributed by atoms with Crippen LogP contribution in [0.4, 0.5) is 5.95 Å². The van der Waals surface area contributed by atoms with E-state index in [-0.39, 0.29) is 0 Å². The molecule has 0 aromatic carbocycles. The molecule has 5 heteroatoms. The van der Waals surface area contributed by atoms with Crippen LogP contribution in [0.3, 0.4) is 0 Å². The van der Waals surface area contributed by atoms with Crippen LogP contribution in [-0.4, -0.2) is 36.1 Å². The van der Waals surface area contributed by atoms with Crippen LogP contribution in [0.2, 0.25) is 5.15 Å². The Labute approximate surface area is 101 Å². The topological polar surface area (TPSA) is 41.0 Å². The highest BCUT2D eigenvalue weighted by molar-refractivity contribution is 6.29. The molecule has 1 aliphatic heterocycles. The molecule has 0 bridgehead atoms. The van der Waals surface area contributed by atoms with E-state index in [2.05, 4.69) is 20.2 Å². The summed E-state index contributed by atoms with van der Waals surface area (Å²) >= 11 is 5.84. The monoisotopic (exact) mass is 240 g/mol. The van der Waals surface area contributed by atoms with Crippen molar-refractivity contribution < 1.29 is 0 Å². The third-order valence-corrected chi connectivity index (χ3v) is 3.07. The zero-order chi connectivity index (χ0) is 11.4. The summed E-state index contributed by atoms with van der Waals surface area (Å²) < 4.78 is 0. The van der Waals surface area contributed by atoms with E-state index in [1.807, 2.05) is 7.05 Å². The van der Waals surface area contributed by atoms with Gasteiger partial charge in [0.05, 0.1) is 0 Å². The lowest BCUT2D eigenvalue weighted by atomic mass is 10.0. The van der Waals surface area contributed by atoms with Crippen LogP contribution in [0.15, 0.2) is 12.3 Å². The molecule has 1 aliphatic rings. The van der Waals surface area contributed by atoms with Crippen molar-refractivity contribution in [3.63, 3.8) is 0 Å². The highest BCUT2D eigenvalue weighted by atomic mass is 35.5. The largest absolute Gasteiger partial charge is 0.342 e. The first kappa shape index (κ1) is 11.6.